The number of nitrogens with zero attached hydrogens (tertiary/aromatic N) is 4. The number of aryl methyl sites for hydroxylation is 1. The second-order valence-corrected chi connectivity index (χ2v) is 6.47. The molecule has 0 aliphatic rings. The number of rotatable bonds is 4. The van der Waals surface area contributed by atoms with Gasteiger partial charge in [0.25, 0.3) is 0 Å². The predicted octanol–water partition coefficient (Wildman–Crippen LogP) is 1.11. The van der Waals surface area contributed by atoms with E-state index < -0.39 is 10.0 Å². The third kappa shape index (κ3) is 2.87. The van der Waals surface area contributed by atoms with Crippen molar-refractivity contribution in [3.8, 4) is 6.07 Å². The molecule has 7 heteroatoms. The Kier molecular flexibility index (Phi) is 3.88. The fraction of sp³-hybridized carbons (Fsp3) is 0.231. The van der Waals surface area contributed by atoms with Crippen molar-refractivity contribution in [3.05, 3.63) is 47.8 Å². The Morgan fingerprint density at radius 3 is 2.80 bits per heavy atom. The minimum Gasteiger partial charge on any atom is -0.274 e. The van der Waals surface area contributed by atoms with E-state index in [-0.39, 0.29) is 11.4 Å². The Morgan fingerprint density at radius 2 is 2.20 bits per heavy atom. The molecule has 0 N–H and O–H groups in total. The lowest BCUT2D eigenvalue weighted by atomic mass is 10.1. The van der Waals surface area contributed by atoms with Crippen LogP contribution in [0.25, 0.3) is 0 Å². The highest BCUT2D eigenvalue weighted by Crippen LogP contribution is 2.16. The van der Waals surface area contributed by atoms with Gasteiger partial charge in [-0.1, -0.05) is 12.1 Å². The molecule has 0 unspecified atom stereocenters. The van der Waals surface area contributed by atoms with Gasteiger partial charge in [-0.2, -0.15) is 14.7 Å². The Hall–Kier alpha value is -2.17. The second-order valence-electron chi connectivity index (χ2n) is 4.42. The molecule has 0 aliphatic carbocycles. The van der Waals surface area contributed by atoms with Crippen molar-refractivity contribution >= 4 is 10.0 Å². The van der Waals surface area contributed by atoms with Crippen LogP contribution in [0.4, 0.5) is 0 Å². The normalized spacial score (nSPS) is 11.5. The molecule has 6 nitrogen and oxygen atoms in total. The minimum absolute atomic E-state index is 0.152. The fourth-order valence-corrected chi connectivity index (χ4v) is 2.94. The highest BCUT2D eigenvalue weighted by atomic mass is 32.2. The van der Waals surface area contributed by atoms with Crippen LogP contribution >= 0.6 is 0 Å². The summed E-state index contributed by atoms with van der Waals surface area (Å²) in [6.07, 6.45) is 2.77. The quantitative estimate of drug-likeness (QED) is 0.845. The van der Waals surface area contributed by atoms with E-state index in [0.717, 1.165) is 5.56 Å². The maximum Gasteiger partial charge on any atom is 0.246 e. The average Bonchev–Trinajstić information content (AvgIpc) is 2.86. The van der Waals surface area contributed by atoms with Crippen LogP contribution in [0.2, 0.25) is 0 Å². The van der Waals surface area contributed by atoms with Gasteiger partial charge in [-0.3, -0.25) is 4.68 Å². The Bertz CT molecular complexity index is 759. The summed E-state index contributed by atoms with van der Waals surface area (Å²) in [4.78, 5) is 0.152. The van der Waals surface area contributed by atoms with Crippen molar-refractivity contribution in [2.24, 2.45) is 7.05 Å². The van der Waals surface area contributed by atoms with E-state index in [0.29, 0.717) is 5.56 Å². The first-order valence-corrected chi connectivity index (χ1v) is 7.31. The summed E-state index contributed by atoms with van der Waals surface area (Å²) in [5, 5.41) is 12.7. The van der Waals surface area contributed by atoms with Crippen LogP contribution in [0.15, 0.2) is 41.6 Å². The fourth-order valence-electron chi connectivity index (χ4n) is 1.79. The van der Waals surface area contributed by atoms with Gasteiger partial charge in [-0.15, -0.1) is 0 Å². The van der Waals surface area contributed by atoms with Crippen LogP contribution in [0, 0.1) is 11.3 Å². The molecule has 2 aromatic rings. The van der Waals surface area contributed by atoms with E-state index in [9.17, 15) is 8.42 Å². The molecular formula is C13H14N4O2S. The lowest BCUT2D eigenvalue weighted by Crippen LogP contribution is -2.26. The lowest BCUT2D eigenvalue weighted by Gasteiger charge is -2.16. The molecule has 0 amide bonds. The first-order chi connectivity index (χ1) is 9.43. The molecule has 0 saturated heterocycles. The third-order valence-electron chi connectivity index (χ3n) is 2.85. The smallest absolute Gasteiger partial charge is 0.246 e. The van der Waals surface area contributed by atoms with Gasteiger partial charge in [0, 0.05) is 26.8 Å². The summed E-state index contributed by atoms with van der Waals surface area (Å²) in [6.45, 7) is 0.201. The van der Waals surface area contributed by atoms with Crippen LogP contribution in [0.3, 0.4) is 0 Å². The van der Waals surface area contributed by atoms with Gasteiger partial charge in [0.1, 0.15) is 4.90 Å². The summed E-state index contributed by atoms with van der Waals surface area (Å²) in [6, 6.07) is 8.91. The number of nitriles is 1. The first kappa shape index (κ1) is 14.2. The second kappa shape index (κ2) is 5.45. The van der Waals surface area contributed by atoms with E-state index in [1.807, 2.05) is 6.07 Å². The summed E-state index contributed by atoms with van der Waals surface area (Å²) in [5.74, 6) is 0. The maximum absolute atomic E-state index is 12.3. The van der Waals surface area contributed by atoms with Crippen molar-refractivity contribution < 1.29 is 8.42 Å². The van der Waals surface area contributed by atoms with Gasteiger partial charge >= 0.3 is 0 Å². The molecule has 0 spiro atoms. The molecule has 1 aromatic heterocycles. The van der Waals surface area contributed by atoms with Gasteiger partial charge < -0.3 is 0 Å². The zero-order valence-electron chi connectivity index (χ0n) is 11.2. The topological polar surface area (TPSA) is 79.0 Å². The Morgan fingerprint density at radius 1 is 1.45 bits per heavy atom. The zero-order chi connectivity index (χ0) is 14.8. The van der Waals surface area contributed by atoms with Gasteiger partial charge in [0.15, 0.2) is 0 Å². The van der Waals surface area contributed by atoms with Gasteiger partial charge in [0.05, 0.1) is 17.8 Å². The highest BCUT2D eigenvalue weighted by molar-refractivity contribution is 7.89. The molecule has 104 valence electrons. The standard InChI is InChI=1S/C13H14N4O2S/c1-16-10-13(8-15-16)20(18,19)17(2)9-12-5-3-4-11(6-12)7-14/h3-6,8,10H,9H2,1-2H3. The summed E-state index contributed by atoms with van der Waals surface area (Å²) in [5.41, 5.74) is 1.27. The van der Waals surface area contributed by atoms with E-state index in [1.165, 1.54) is 28.4 Å². The zero-order valence-corrected chi connectivity index (χ0v) is 12.0. The number of sulfonamides is 1. The van der Waals surface area contributed by atoms with E-state index in [2.05, 4.69) is 5.10 Å². The SMILES string of the molecule is CN(Cc1cccc(C#N)c1)S(=O)(=O)c1cnn(C)c1. The molecule has 1 heterocycles. The van der Waals surface area contributed by atoms with Crippen LogP contribution in [-0.2, 0) is 23.6 Å². The number of benzene rings is 1. The number of hydrogen-bond donors (Lipinski definition) is 0. The van der Waals surface area contributed by atoms with Gasteiger partial charge in [0.2, 0.25) is 10.0 Å². The largest absolute Gasteiger partial charge is 0.274 e. The maximum atomic E-state index is 12.3. The van der Waals surface area contributed by atoms with Crippen molar-refractivity contribution in [2.75, 3.05) is 7.05 Å². The van der Waals surface area contributed by atoms with E-state index in [1.54, 1.807) is 31.3 Å². The Labute approximate surface area is 117 Å². The monoisotopic (exact) mass is 290 g/mol. The van der Waals surface area contributed by atoms with Gasteiger partial charge in [-0.25, -0.2) is 8.42 Å². The molecule has 0 atom stereocenters. The molecule has 2 rings (SSSR count). The van der Waals surface area contributed by atoms with Crippen molar-refractivity contribution in [2.45, 2.75) is 11.4 Å². The Balaban J connectivity index is 2.23. The molecule has 0 radical (unpaired) electrons. The molecular weight excluding hydrogens is 276 g/mol. The van der Waals surface area contributed by atoms with E-state index in [4.69, 9.17) is 5.26 Å². The highest BCUT2D eigenvalue weighted by Gasteiger charge is 2.22. The van der Waals surface area contributed by atoms with Crippen molar-refractivity contribution in [3.63, 3.8) is 0 Å². The summed E-state index contributed by atoms with van der Waals surface area (Å²) >= 11 is 0. The number of aromatic nitrogens is 2. The third-order valence-corrected chi connectivity index (χ3v) is 4.61. The molecule has 0 bridgehead atoms. The van der Waals surface area contributed by atoms with E-state index >= 15 is 0 Å². The van der Waals surface area contributed by atoms with Crippen LogP contribution in [0.5, 0.6) is 0 Å². The van der Waals surface area contributed by atoms with Crippen LogP contribution in [0.1, 0.15) is 11.1 Å². The van der Waals surface area contributed by atoms with Crippen molar-refractivity contribution in [1.29, 1.82) is 5.26 Å². The number of hydrogen-bond acceptors (Lipinski definition) is 4. The van der Waals surface area contributed by atoms with Crippen LogP contribution < -0.4 is 0 Å². The predicted molar refractivity (Wildman–Crippen MR) is 73.0 cm³/mol. The molecule has 1 aromatic carbocycles. The molecule has 0 aliphatic heterocycles. The summed E-state index contributed by atoms with van der Waals surface area (Å²) < 4.78 is 27.3. The summed E-state index contributed by atoms with van der Waals surface area (Å²) in [7, 11) is -0.405. The minimum atomic E-state index is -3.57. The molecule has 0 fully saturated rings. The van der Waals surface area contributed by atoms with Crippen LogP contribution in [-0.4, -0.2) is 29.6 Å². The average molecular weight is 290 g/mol. The van der Waals surface area contributed by atoms with Crippen molar-refractivity contribution in [1.82, 2.24) is 14.1 Å². The lowest BCUT2D eigenvalue weighted by molar-refractivity contribution is 0.466. The molecule has 0 saturated carbocycles. The first-order valence-electron chi connectivity index (χ1n) is 5.87. The van der Waals surface area contributed by atoms with Gasteiger partial charge in [-0.05, 0) is 17.7 Å². The molecule has 20 heavy (non-hydrogen) atoms.